The monoisotopic (exact) mass is 278 g/mol. The second-order valence-electron chi connectivity index (χ2n) is 6.54. The second-order valence-corrected chi connectivity index (χ2v) is 6.54. The van der Waals surface area contributed by atoms with Gasteiger partial charge in [0.1, 0.15) is 0 Å². The lowest BCUT2D eigenvalue weighted by molar-refractivity contribution is 0.161. The van der Waals surface area contributed by atoms with E-state index in [9.17, 15) is 0 Å². The topological polar surface area (TPSA) is 45.4 Å². The first-order valence-electron chi connectivity index (χ1n) is 7.99. The number of anilines is 1. The Morgan fingerprint density at radius 2 is 1.90 bits per heavy atom. The third-order valence-corrected chi connectivity index (χ3v) is 4.76. The summed E-state index contributed by atoms with van der Waals surface area (Å²) in [6.07, 6.45) is 5.15. The minimum atomic E-state index is 0.329. The maximum Gasteiger partial charge on any atom is 0.324 e. The standard InChI is InChI=1S/C15H26N4O/c1-11(2)14-16-15(20-17-14)18-9-6-13(7-10-18)19-8-4-5-12(19)3/h11-13H,4-10H2,1-3H3. The van der Waals surface area contributed by atoms with Gasteiger partial charge in [-0.15, -0.1) is 0 Å². The lowest BCUT2D eigenvalue weighted by Gasteiger charge is -2.37. The Morgan fingerprint density at radius 1 is 1.15 bits per heavy atom. The zero-order valence-electron chi connectivity index (χ0n) is 12.9. The molecule has 0 amide bonds. The van der Waals surface area contributed by atoms with Crippen LogP contribution in [-0.4, -0.2) is 46.8 Å². The van der Waals surface area contributed by atoms with Crippen molar-refractivity contribution in [2.24, 2.45) is 0 Å². The second kappa shape index (κ2) is 5.72. The molecule has 2 fully saturated rings. The van der Waals surface area contributed by atoms with Crippen molar-refractivity contribution in [2.45, 2.75) is 64.5 Å². The Morgan fingerprint density at radius 3 is 2.45 bits per heavy atom. The molecule has 0 aliphatic carbocycles. The van der Waals surface area contributed by atoms with Crippen molar-refractivity contribution in [3.8, 4) is 0 Å². The molecule has 2 saturated heterocycles. The van der Waals surface area contributed by atoms with Crippen LogP contribution in [0.1, 0.15) is 58.2 Å². The number of rotatable bonds is 3. The average Bonchev–Trinajstić information content (AvgIpc) is 3.07. The Bertz CT molecular complexity index is 437. The highest BCUT2D eigenvalue weighted by atomic mass is 16.5. The third kappa shape index (κ3) is 2.68. The van der Waals surface area contributed by atoms with E-state index in [1.165, 1.54) is 32.2 Å². The van der Waals surface area contributed by atoms with Gasteiger partial charge in [-0.05, 0) is 39.2 Å². The molecule has 112 valence electrons. The fraction of sp³-hybridized carbons (Fsp3) is 0.867. The summed E-state index contributed by atoms with van der Waals surface area (Å²) in [5.41, 5.74) is 0. The van der Waals surface area contributed by atoms with Gasteiger partial charge in [0, 0.05) is 31.1 Å². The molecule has 5 heteroatoms. The van der Waals surface area contributed by atoms with Crippen molar-refractivity contribution in [1.29, 1.82) is 0 Å². The Kier molecular flexibility index (Phi) is 3.96. The summed E-state index contributed by atoms with van der Waals surface area (Å²) in [6, 6.07) is 2.22. The first-order chi connectivity index (χ1) is 9.65. The number of hydrogen-bond acceptors (Lipinski definition) is 5. The van der Waals surface area contributed by atoms with Crippen LogP contribution >= 0.6 is 0 Å². The van der Waals surface area contributed by atoms with Crippen molar-refractivity contribution in [2.75, 3.05) is 24.5 Å². The predicted molar refractivity (Wildman–Crippen MR) is 79.0 cm³/mol. The van der Waals surface area contributed by atoms with Gasteiger partial charge in [-0.3, -0.25) is 4.90 Å². The van der Waals surface area contributed by atoms with Gasteiger partial charge >= 0.3 is 6.01 Å². The highest BCUT2D eigenvalue weighted by molar-refractivity contribution is 5.26. The normalized spacial score (nSPS) is 25.8. The van der Waals surface area contributed by atoms with E-state index >= 15 is 0 Å². The van der Waals surface area contributed by atoms with Crippen molar-refractivity contribution >= 4 is 6.01 Å². The molecule has 3 rings (SSSR count). The maximum absolute atomic E-state index is 5.40. The van der Waals surface area contributed by atoms with Crippen LogP contribution in [0.25, 0.3) is 0 Å². The number of nitrogens with zero attached hydrogens (tertiary/aromatic N) is 4. The number of likely N-dealkylation sites (tertiary alicyclic amines) is 1. The SMILES string of the molecule is CC(C)c1noc(N2CCC(N3CCCC3C)CC2)n1. The molecule has 0 saturated carbocycles. The maximum atomic E-state index is 5.40. The lowest BCUT2D eigenvalue weighted by Crippen LogP contribution is -2.46. The van der Waals surface area contributed by atoms with Crippen molar-refractivity contribution in [3.05, 3.63) is 5.82 Å². The van der Waals surface area contributed by atoms with E-state index in [1.807, 2.05) is 0 Å². The quantitative estimate of drug-likeness (QED) is 0.850. The smallest absolute Gasteiger partial charge is 0.324 e. The van der Waals surface area contributed by atoms with Gasteiger partial charge in [0.25, 0.3) is 0 Å². The first-order valence-corrected chi connectivity index (χ1v) is 7.99. The van der Waals surface area contributed by atoms with Crippen LogP contribution in [0.5, 0.6) is 0 Å². The summed E-state index contributed by atoms with van der Waals surface area (Å²) in [5, 5.41) is 4.06. The molecule has 2 aliphatic heterocycles. The van der Waals surface area contributed by atoms with Crippen LogP contribution in [0.2, 0.25) is 0 Å². The number of piperidine rings is 1. The fourth-order valence-corrected chi connectivity index (χ4v) is 3.48. The van der Waals surface area contributed by atoms with Crippen molar-refractivity contribution in [1.82, 2.24) is 15.0 Å². The summed E-state index contributed by atoms with van der Waals surface area (Å²) in [6.45, 7) is 9.91. The van der Waals surface area contributed by atoms with Crippen LogP contribution < -0.4 is 4.90 Å². The molecule has 1 aromatic rings. The van der Waals surface area contributed by atoms with Crippen LogP contribution in [0, 0.1) is 0 Å². The Balaban J connectivity index is 1.57. The first kappa shape index (κ1) is 13.9. The fourth-order valence-electron chi connectivity index (χ4n) is 3.48. The zero-order chi connectivity index (χ0) is 14.1. The van der Waals surface area contributed by atoms with E-state index in [2.05, 4.69) is 40.7 Å². The van der Waals surface area contributed by atoms with E-state index in [0.29, 0.717) is 11.9 Å². The molecule has 5 nitrogen and oxygen atoms in total. The van der Waals surface area contributed by atoms with E-state index in [0.717, 1.165) is 31.0 Å². The Labute approximate surface area is 121 Å². The molecule has 2 aliphatic rings. The van der Waals surface area contributed by atoms with Crippen LogP contribution in [0.15, 0.2) is 4.52 Å². The van der Waals surface area contributed by atoms with Gasteiger partial charge in [-0.25, -0.2) is 0 Å². The zero-order valence-corrected chi connectivity index (χ0v) is 12.9. The summed E-state index contributed by atoms with van der Waals surface area (Å²) in [7, 11) is 0. The third-order valence-electron chi connectivity index (χ3n) is 4.76. The summed E-state index contributed by atoms with van der Waals surface area (Å²) >= 11 is 0. The largest absolute Gasteiger partial charge is 0.324 e. The highest BCUT2D eigenvalue weighted by Gasteiger charge is 2.31. The minimum absolute atomic E-state index is 0.329. The molecule has 1 atom stereocenters. The molecule has 1 unspecified atom stereocenters. The minimum Gasteiger partial charge on any atom is -0.324 e. The van der Waals surface area contributed by atoms with Gasteiger partial charge in [0.2, 0.25) is 0 Å². The molecular formula is C15H26N4O. The summed E-state index contributed by atoms with van der Waals surface area (Å²) < 4.78 is 5.40. The van der Waals surface area contributed by atoms with Gasteiger partial charge in [-0.1, -0.05) is 19.0 Å². The molecule has 0 aromatic carbocycles. The summed E-state index contributed by atoms with van der Waals surface area (Å²) in [4.78, 5) is 9.45. The molecule has 0 radical (unpaired) electrons. The van der Waals surface area contributed by atoms with Crippen LogP contribution in [-0.2, 0) is 0 Å². The molecular weight excluding hydrogens is 252 g/mol. The van der Waals surface area contributed by atoms with Crippen molar-refractivity contribution in [3.63, 3.8) is 0 Å². The molecule has 1 aromatic heterocycles. The van der Waals surface area contributed by atoms with E-state index < -0.39 is 0 Å². The summed E-state index contributed by atoms with van der Waals surface area (Å²) in [5.74, 6) is 1.14. The van der Waals surface area contributed by atoms with Crippen molar-refractivity contribution < 1.29 is 4.52 Å². The molecule has 0 spiro atoms. The lowest BCUT2D eigenvalue weighted by atomic mass is 10.0. The molecule has 20 heavy (non-hydrogen) atoms. The van der Waals surface area contributed by atoms with Gasteiger partial charge in [0.15, 0.2) is 5.82 Å². The molecule has 3 heterocycles. The van der Waals surface area contributed by atoms with E-state index in [4.69, 9.17) is 4.52 Å². The molecule has 0 bridgehead atoms. The van der Waals surface area contributed by atoms with Gasteiger partial charge in [-0.2, -0.15) is 4.98 Å². The predicted octanol–water partition coefficient (Wildman–Crippen LogP) is 2.65. The molecule has 0 N–H and O–H groups in total. The number of aromatic nitrogens is 2. The number of hydrogen-bond donors (Lipinski definition) is 0. The van der Waals surface area contributed by atoms with Gasteiger partial charge in [0.05, 0.1) is 0 Å². The van der Waals surface area contributed by atoms with E-state index in [1.54, 1.807) is 0 Å². The Hall–Kier alpha value is -1.10. The van der Waals surface area contributed by atoms with Crippen LogP contribution in [0.4, 0.5) is 6.01 Å². The van der Waals surface area contributed by atoms with Crippen LogP contribution in [0.3, 0.4) is 0 Å². The average molecular weight is 278 g/mol. The van der Waals surface area contributed by atoms with Gasteiger partial charge < -0.3 is 9.42 Å². The highest BCUT2D eigenvalue weighted by Crippen LogP contribution is 2.27. The van der Waals surface area contributed by atoms with E-state index in [-0.39, 0.29) is 0 Å².